The molecule has 0 fully saturated rings. The Kier molecular flexibility index (Phi) is 5.71. The largest absolute Gasteiger partial charge is 0.481 e. The summed E-state index contributed by atoms with van der Waals surface area (Å²) in [4.78, 5) is 22.3. The highest BCUT2D eigenvalue weighted by Gasteiger charge is 2.11. The standard InChI is InChI=1S/C13H18N2O5S/c1-9(7-12(16)17)8-14-13(18)10-3-5-11(6-4-10)15-21(2,19)20/h3-6,9,15H,7-8H2,1-2H3,(H,14,18)(H,16,17). The van der Waals surface area contributed by atoms with Crippen molar-refractivity contribution in [1.29, 1.82) is 0 Å². The Morgan fingerprint density at radius 2 is 1.81 bits per heavy atom. The molecule has 7 nitrogen and oxygen atoms in total. The quantitative estimate of drug-likeness (QED) is 0.692. The maximum absolute atomic E-state index is 11.8. The van der Waals surface area contributed by atoms with Crippen molar-refractivity contribution in [2.45, 2.75) is 13.3 Å². The van der Waals surface area contributed by atoms with Crippen LogP contribution in [0.15, 0.2) is 24.3 Å². The molecule has 1 aromatic rings. The van der Waals surface area contributed by atoms with E-state index in [1.807, 2.05) is 0 Å². The SMILES string of the molecule is CC(CNC(=O)c1ccc(NS(C)(=O)=O)cc1)CC(=O)O. The molecule has 1 unspecified atom stereocenters. The van der Waals surface area contributed by atoms with Crippen LogP contribution in [0.25, 0.3) is 0 Å². The van der Waals surface area contributed by atoms with Gasteiger partial charge in [0.15, 0.2) is 0 Å². The first kappa shape index (κ1) is 17.0. The highest BCUT2D eigenvalue weighted by molar-refractivity contribution is 7.92. The minimum Gasteiger partial charge on any atom is -0.481 e. The number of nitrogens with one attached hydrogen (secondary N) is 2. The number of hydrogen-bond acceptors (Lipinski definition) is 4. The molecule has 21 heavy (non-hydrogen) atoms. The Morgan fingerprint density at radius 1 is 1.24 bits per heavy atom. The fourth-order valence-electron chi connectivity index (χ4n) is 1.64. The number of amides is 1. The predicted molar refractivity (Wildman–Crippen MR) is 78.7 cm³/mol. The zero-order valence-corrected chi connectivity index (χ0v) is 12.6. The van der Waals surface area contributed by atoms with Gasteiger partial charge >= 0.3 is 5.97 Å². The number of carbonyl (C=O) groups is 2. The third kappa shape index (κ3) is 6.75. The van der Waals surface area contributed by atoms with Crippen LogP contribution in [0.3, 0.4) is 0 Å². The van der Waals surface area contributed by atoms with Crippen molar-refractivity contribution in [2.24, 2.45) is 5.92 Å². The number of carboxylic acids is 1. The zero-order chi connectivity index (χ0) is 16.0. The number of aliphatic carboxylic acids is 1. The summed E-state index contributed by atoms with van der Waals surface area (Å²) in [5.41, 5.74) is 0.741. The molecule has 1 aromatic carbocycles. The average molecular weight is 314 g/mol. The van der Waals surface area contributed by atoms with E-state index in [-0.39, 0.29) is 24.8 Å². The third-order valence-electron chi connectivity index (χ3n) is 2.58. The van der Waals surface area contributed by atoms with Gasteiger partial charge in [0.25, 0.3) is 5.91 Å². The van der Waals surface area contributed by atoms with Crippen molar-refractivity contribution in [3.8, 4) is 0 Å². The summed E-state index contributed by atoms with van der Waals surface area (Å²) in [7, 11) is -3.35. The number of rotatable bonds is 7. The normalized spacial score (nSPS) is 12.5. The summed E-state index contributed by atoms with van der Waals surface area (Å²) in [6, 6.07) is 5.95. The van der Waals surface area contributed by atoms with E-state index in [0.29, 0.717) is 11.3 Å². The van der Waals surface area contributed by atoms with Crippen LogP contribution in [0.5, 0.6) is 0 Å². The summed E-state index contributed by atoms with van der Waals surface area (Å²) in [6.07, 6.45) is 1.02. The summed E-state index contributed by atoms with van der Waals surface area (Å²) in [5, 5.41) is 11.3. The summed E-state index contributed by atoms with van der Waals surface area (Å²) < 4.78 is 24.4. The molecule has 0 saturated carbocycles. The van der Waals surface area contributed by atoms with E-state index in [1.54, 1.807) is 6.92 Å². The fraction of sp³-hybridized carbons (Fsp3) is 0.385. The smallest absolute Gasteiger partial charge is 0.303 e. The molecule has 0 spiro atoms. The maximum atomic E-state index is 11.8. The number of sulfonamides is 1. The molecule has 0 aliphatic rings. The molecule has 0 radical (unpaired) electrons. The molecule has 1 rings (SSSR count). The molecule has 1 atom stereocenters. The maximum Gasteiger partial charge on any atom is 0.303 e. The van der Waals surface area contributed by atoms with E-state index in [4.69, 9.17) is 5.11 Å². The lowest BCUT2D eigenvalue weighted by Gasteiger charge is -2.11. The van der Waals surface area contributed by atoms with Gasteiger partial charge < -0.3 is 10.4 Å². The third-order valence-corrected chi connectivity index (χ3v) is 3.19. The van der Waals surface area contributed by atoms with Crippen molar-refractivity contribution < 1.29 is 23.1 Å². The average Bonchev–Trinajstić information content (AvgIpc) is 2.34. The highest BCUT2D eigenvalue weighted by atomic mass is 32.2. The van der Waals surface area contributed by atoms with Gasteiger partial charge in [0.05, 0.1) is 6.26 Å². The molecule has 116 valence electrons. The fourth-order valence-corrected chi connectivity index (χ4v) is 2.21. The Bertz CT molecular complexity index is 610. The van der Waals surface area contributed by atoms with Crippen LogP contribution >= 0.6 is 0 Å². The minimum absolute atomic E-state index is 0.0164. The summed E-state index contributed by atoms with van der Waals surface area (Å²) in [6.45, 7) is 1.99. The molecule has 8 heteroatoms. The Morgan fingerprint density at radius 3 is 2.29 bits per heavy atom. The summed E-state index contributed by atoms with van der Waals surface area (Å²) in [5.74, 6) is -1.41. The van der Waals surface area contributed by atoms with E-state index >= 15 is 0 Å². The van der Waals surface area contributed by atoms with Gasteiger partial charge in [-0.2, -0.15) is 0 Å². The second-order valence-electron chi connectivity index (χ2n) is 4.86. The Hall–Kier alpha value is -2.09. The molecule has 0 bridgehead atoms. The van der Waals surface area contributed by atoms with Crippen LogP contribution in [0.4, 0.5) is 5.69 Å². The molecule has 0 aromatic heterocycles. The molecule has 0 saturated heterocycles. The van der Waals surface area contributed by atoms with Gasteiger partial charge in [-0.05, 0) is 30.2 Å². The van der Waals surface area contributed by atoms with E-state index in [1.165, 1.54) is 24.3 Å². The number of carbonyl (C=O) groups excluding carboxylic acids is 1. The molecule has 3 N–H and O–H groups in total. The second kappa shape index (κ2) is 7.07. The molecular formula is C13H18N2O5S. The zero-order valence-electron chi connectivity index (χ0n) is 11.8. The molecule has 0 aliphatic carbocycles. The van der Waals surface area contributed by atoms with Gasteiger partial charge in [-0.15, -0.1) is 0 Å². The highest BCUT2D eigenvalue weighted by Crippen LogP contribution is 2.11. The monoisotopic (exact) mass is 314 g/mol. The van der Waals surface area contributed by atoms with Gasteiger partial charge in [0.1, 0.15) is 0 Å². The van der Waals surface area contributed by atoms with Crippen molar-refractivity contribution in [3.05, 3.63) is 29.8 Å². The van der Waals surface area contributed by atoms with Crippen LogP contribution in [0, 0.1) is 5.92 Å². The van der Waals surface area contributed by atoms with E-state index in [9.17, 15) is 18.0 Å². The van der Waals surface area contributed by atoms with Gasteiger partial charge in [-0.25, -0.2) is 8.42 Å². The lowest BCUT2D eigenvalue weighted by atomic mass is 10.1. The molecular weight excluding hydrogens is 296 g/mol. The second-order valence-corrected chi connectivity index (χ2v) is 6.61. The van der Waals surface area contributed by atoms with Crippen molar-refractivity contribution in [3.63, 3.8) is 0 Å². The topological polar surface area (TPSA) is 113 Å². The number of anilines is 1. The lowest BCUT2D eigenvalue weighted by molar-refractivity contribution is -0.137. The van der Waals surface area contributed by atoms with Crippen molar-refractivity contribution in [1.82, 2.24) is 5.32 Å². The predicted octanol–water partition coefficient (Wildman–Crippen LogP) is 0.899. The van der Waals surface area contributed by atoms with Crippen molar-refractivity contribution >= 4 is 27.6 Å². The molecule has 1 amide bonds. The number of hydrogen-bond donors (Lipinski definition) is 3. The first-order valence-corrected chi connectivity index (χ1v) is 8.14. The van der Waals surface area contributed by atoms with Crippen molar-refractivity contribution in [2.75, 3.05) is 17.5 Å². The number of benzene rings is 1. The summed E-state index contributed by atoms with van der Waals surface area (Å²) >= 11 is 0. The van der Waals surface area contributed by atoms with Crippen LogP contribution in [-0.2, 0) is 14.8 Å². The number of carboxylic acid groups (broad SMARTS) is 1. The molecule has 0 heterocycles. The minimum atomic E-state index is -3.35. The van der Waals surface area contributed by atoms with E-state index < -0.39 is 16.0 Å². The van der Waals surface area contributed by atoms with Gasteiger partial charge in [-0.1, -0.05) is 6.92 Å². The first-order chi connectivity index (χ1) is 9.67. The van der Waals surface area contributed by atoms with Crippen LogP contribution in [-0.4, -0.2) is 38.2 Å². The first-order valence-electron chi connectivity index (χ1n) is 6.25. The van der Waals surface area contributed by atoms with E-state index in [2.05, 4.69) is 10.0 Å². The molecule has 0 aliphatic heterocycles. The van der Waals surface area contributed by atoms with Gasteiger partial charge in [0.2, 0.25) is 10.0 Å². The van der Waals surface area contributed by atoms with Crippen LogP contribution in [0.2, 0.25) is 0 Å². The van der Waals surface area contributed by atoms with Gasteiger partial charge in [0, 0.05) is 24.2 Å². The Labute approximate surface area is 123 Å². The van der Waals surface area contributed by atoms with E-state index in [0.717, 1.165) is 6.26 Å². The van der Waals surface area contributed by atoms with Crippen LogP contribution < -0.4 is 10.0 Å². The Balaban J connectivity index is 2.57. The van der Waals surface area contributed by atoms with Crippen LogP contribution in [0.1, 0.15) is 23.7 Å². The van der Waals surface area contributed by atoms with Gasteiger partial charge in [-0.3, -0.25) is 14.3 Å². The lowest BCUT2D eigenvalue weighted by Crippen LogP contribution is -2.29.